The number of nitrogens with zero attached hydrogens (tertiary/aromatic N) is 3. The van der Waals surface area contributed by atoms with Crippen LogP contribution in [0.25, 0.3) is 11.2 Å². The predicted octanol–water partition coefficient (Wildman–Crippen LogP) is 1.65. The minimum atomic E-state index is -0.752. The molecule has 2 amide bonds. The Morgan fingerprint density at radius 1 is 1.38 bits per heavy atom. The van der Waals surface area contributed by atoms with Crippen molar-refractivity contribution in [2.75, 3.05) is 18.5 Å². The number of aromatic amines is 1. The summed E-state index contributed by atoms with van der Waals surface area (Å²) >= 11 is 1.00. The van der Waals surface area contributed by atoms with Crippen molar-refractivity contribution in [1.82, 2.24) is 15.0 Å². The van der Waals surface area contributed by atoms with Crippen molar-refractivity contribution in [3.05, 3.63) is 11.1 Å². The Bertz CT molecular complexity index is 723. The fourth-order valence-corrected chi connectivity index (χ4v) is 2.25. The standard InChI is InChI=1S/C11H13N5O4S/c1-3-19-10(17)15-8-6-7(13-5-12-6)14-9(21-8)16-11(18)20-4-2/h5H,3-4H2,1-2H3,(H,15,17)(H,12,13,14,16,18). The van der Waals surface area contributed by atoms with E-state index in [9.17, 15) is 9.59 Å². The van der Waals surface area contributed by atoms with Crippen LogP contribution in [0.3, 0.4) is 0 Å². The van der Waals surface area contributed by atoms with Crippen molar-refractivity contribution in [3.8, 4) is 0 Å². The average molecular weight is 311 g/mol. The van der Waals surface area contributed by atoms with Crippen molar-refractivity contribution in [3.63, 3.8) is 0 Å². The van der Waals surface area contributed by atoms with Crippen LogP contribution in [0.2, 0.25) is 0 Å². The van der Waals surface area contributed by atoms with Crippen LogP contribution >= 0.6 is 11.3 Å². The van der Waals surface area contributed by atoms with E-state index in [1.165, 1.54) is 6.33 Å². The smallest absolute Gasteiger partial charge is 0.436 e. The summed E-state index contributed by atoms with van der Waals surface area (Å²) in [5, 5.41) is 2.95. The largest absolute Gasteiger partial charge is 0.450 e. The average Bonchev–Trinajstić information content (AvgIpc) is 2.87. The molecule has 0 spiro atoms. The van der Waals surface area contributed by atoms with Crippen molar-refractivity contribution < 1.29 is 19.1 Å². The molecule has 0 fully saturated rings. The second kappa shape index (κ2) is 6.79. The van der Waals surface area contributed by atoms with Gasteiger partial charge in [0.2, 0.25) is 4.80 Å². The zero-order valence-electron chi connectivity index (χ0n) is 11.4. The zero-order chi connectivity index (χ0) is 15.2. The van der Waals surface area contributed by atoms with E-state index in [1.807, 2.05) is 0 Å². The Morgan fingerprint density at radius 3 is 2.86 bits per heavy atom. The Hall–Kier alpha value is -2.49. The van der Waals surface area contributed by atoms with Gasteiger partial charge in [-0.25, -0.2) is 14.6 Å². The van der Waals surface area contributed by atoms with E-state index in [0.717, 1.165) is 11.3 Å². The molecule has 2 rings (SSSR count). The van der Waals surface area contributed by atoms with Crippen LogP contribution in [0.5, 0.6) is 0 Å². The third kappa shape index (κ3) is 3.75. The normalized spacial score (nSPS) is 11.4. The molecule has 0 saturated carbocycles. The SMILES string of the molecule is CCOC(=O)/N=c1\nc2nc[nH]c2c(NC(=O)OCC)s1. The Balaban J connectivity index is 2.41. The number of rotatable bonds is 3. The first-order valence-electron chi connectivity index (χ1n) is 6.13. The quantitative estimate of drug-likeness (QED) is 0.889. The Morgan fingerprint density at radius 2 is 2.14 bits per heavy atom. The van der Waals surface area contributed by atoms with Gasteiger partial charge in [-0.05, 0) is 13.8 Å². The predicted molar refractivity (Wildman–Crippen MR) is 75.0 cm³/mol. The van der Waals surface area contributed by atoms with Gasteiger partial charge in [-0.2, -0.15) is 4.98 Å². The van der Waals surface area contributed by atoms with Gasteiger partial charge in [0.15, 0.2) is 5.65 Å². The lowest BCUT2D eigenvalue weighted by atomic mass is 10.5. The summed E-state index contributed by atoms with van der Waals surface area (Å²) in [6.45, 7) is 3.83. The maximum atomic E-state index is 11.5. The molecular formula is C11H13N5O4S. The van der Waals surface area contributed by atoms with E-state index < -0.39 is 12.2 Å². The minimum absolute atomic E-state index is 0.125. The van der Waals surface area contributed by atoms with E-state index in [0.29, 0.717) is 16.2 Å². The molecule has 0 atom stereocenters. The van der Waals surface area contributed by atoms with Gasteiger partial charge in [0.25, 0.3) is 0 Å². The molecule has 0 aliphatic heterocycles. The first-order chi connectivity index (χ1) is 10.1. The van der Waals surface area contributed by atoms with Gasteiger partial charge in [-0.3, -0.25) is 5.32 Å². The second-order valence-corrected chi connectivity index (χ2v) is 4.56. The maximum absolute atomic E-state index is 11.5. The second-order valence-electron chi connectivity index (χ2n) is 3.58. The summed E-state index contributed by atoms with van der Waals surface area (Å²) in [5.41, 5.74) is 0.847. The molecule has 2 aromatic heterocycles. The summed E-state index contributed by atoms with van der Waals surface area (Å²) < 4.78 is 9.53. The number of hydrogen-bond donors (Lipinski definition) is 2. The summed E-state index contributed by atoms with van der Waals surface area (Å²) in [7, 11) is 0. The number of imidazole rings is 1. The highest BCUT2D eigenvalue weighted by Crippen LogP contribution is 2.20. The molecule has 0 aromatic carbocycles. The summed E-state index contributed by atoms with van der Waals surface area (Å²) in [6.07, 6.45) is 0.0608. The van der Waals surface area contributed by atoms with Gasteiger partial charge < -0.3 is 14.5 Å². The summed E-state index contributed by atoms with van der Waals surface area (Å²) in [5.74, 6) is 0. The van der Waals surface area contributed by atoms with E-state index in [-0.39, 0.29) is 18.0 Å². The highest BCUT2D eigenvalue weighted by atomic mass is 32.1. The number of carbonyl (C=O) groups is 2. The van der Waals surface area contributed by atoms with Crippen molar-refractivity contribution in [2.24, 2.45) is 4.99 Å². The Kier molecular flexibility index (Phi) is 4.82. The van der Waals surface area contributed by atoms with Crippen LogP contribution in [-0.2, 0) is 9.47 Å². The molecule has 0 aliphatic carbocycles. The third-order valence-electron chi connectivity index (χ3n) is 2.19. The molecule has 2 N–H and O–H groups in total. The molecule has 0 radical (unpaired) electrons. The first kappa shape index (κ1) is 14.9. The van der Waals surface area contributed by atoms with Crippen LogP contribution in [0.4, 0.5) is 14.6 Å². The van der Waals surface area contributed by atoms with Crippen LogP contribution < -0.4 is 10.1 Å². The molecule has 9 nitrogen and oxygen atoms in total. The Labute approximate surface area is 123 Å². The fraction of sp³-hybridized carbons (Fsp3) is 0.364. The molecule has 21 heavy (non-hydrogen) atoms. The van der Waals surface area contributed by atoms with Crippen LogP contribution in [-0.4, -0.2) is 40.4 Å². The van der Waals surface area contributed by atoms with Crippen molar-refractivity contribution in [1.29, 1.82) is 0 Å². The molecule has 0 saturated heterocycles. The number of anilines is 1. The van der Waals surface area contributed by atoms with Gasteiger partial charge in [-0.1, -0.05) is 11.3 Å². The van der Waals surface area contributed by atoms with Gasteiger partial charge in [0, 0.05) is 0 Å². The molecule has 10 heteroatoms. The van der Waals surface area contributed by atoms with Crippen molar-refractivity contribution in [2.45, 2.75) is 13.8 Å². The molecule has 0 unspecified atom stereocenters. The molecule has 2 aromatic rings. The molecule has 0 aliphatic rings. The lowest BCUT2D eigenvalue weighted by Crippen LogP contribution is -2.16. The number of H-pyrrole nitrogens is 1. The van der Waals surface area contributed by atoms with E-state index in [4.69, 9.17) is 9.47 Å². The van der Waals surface area contributed by atoms with E-state index >= 15 is 0 Å². The lowest BCUT2D eigenvalue weighted by molar-refractivity contribution is 0.162. The lowest BCUT2D eigenvalue weighted by Gasteiger charge is -2.04. The van der Waals surface area contributed by atoms with Gasteiger partial charge in [-0.15, -0.1) is 4.99 Å². The number of carbonyl (C=O) groups excluding carboxylic acids is 2. The molecule has 2 heterocycles. The molecule has 112 valence electrons. The highest BCUT2D eigenvalue weighted by molar-refractivity contribution is 7.14. The number of nitrogens with one attached hydrogen (secondary N) is 2. The number of hydrogen-bond acceptors (Lipinski definition) is 7. The first-order valence-corrected chi connectivity index (χ1v) is 6.95. The van der Waals surface area contributed by atoms with Gasteiger partial charge >= 0.3 is 12.2 Å². The van der Waals surface area contributed by atoms with Crippen LogP contribution in [0, 0.1) is 0 Å². The molecular weight excluding hydrogens is 298 g/mol. The fourth-order valence-electron chi connectivity index (χ4n) is 1.42. The zero-order valence-corrected chi connectivity index (χ0v) is 12.2. The number of fused-ring (bicyclic) bond motifs is 1. The van der Waals surface area contributed by atoms with Gasteiger partial charge in [0.05, 0.1) is 19.5 Å². The number of ether oxygens (including phenoxy) is 2. The monoisotopic (exact) mass is 311 g/mol. The maximum Gasteiger partial charge on any atom is 0.436 e. The third-order valence-corrected chi connectivity index (χ3v) is 3.06. The topological polar surface area (TPSA) is 119 Å². The number of amides is 2. The van der Waals surface area contributed by atoms with Crippen LogP contribution in [0.1, 0.15) is 13.8 Å². The van der Waals surface area contributed by atoms with Crippen molar-refractivity contribution >= 4 is 39.7 Å². The van der Waals surface area contributed by atoms with E-state index in [2.05, 4.69) is 25.3 Å². The highest BCUT2D eigenvalue weighted by Gasteiger charge is 2.11. The van der Waals surface area contributed by atoms with Crippen LogP contribution in [0.15, 0.2) is 11.3 Å². The van der Waals surface area contributed by atoms with Gasteiger partial charge in [0.1, 0.15) is 10.5 Å². The summed E-state index contributed by atoms with van der Waals surface area (Å²) in [4.78, 5) is 37.6. The minimum Gasteiger partial charge on any atom is -0.450 e. The molecule has 0 bridgehead atoms. The number of aromatic nitrogens is 3. The van der Waals surface area contributed by atoms with E-state index in [1.54, 1.807) is 13.8 Å². The summed E-state index contributed by atoms with van der Waals surface area (Å²) in [6, 6.07) is 0.